The lowest BCUT2D eigenvalue weighted by atomic mass is 10.1. The van der Waals surface area contributed by atoms with Crippen molar-refractivity contribution in [1.29, 1.82) is 0 Å². The Morgan fingerprint density at radius 2 is 1.89 bits per heavy atom. The van der Waals surface area contributed by atoms with Crippen molar-refractivity contribution in [3.63, 3.8) is 0 Å². The van der Waals surface area contributed by atoms with Gasteiger partial charge < -0.3 is 9.88 Å². The van der Waals surface area contributed by atoms with Gasteiger partial charge in [0.2, 0.25) is 5.91 Å². The molecule has 28 heavy (non-hydrogen) atoms. The van der Waals surface area contributed by atoms with E-state index in [1.807, 2.05) is 42.3 Å². The van der Waals surface area contributed by atoms with Crippen molar-refractivity contribution in [3.05, 3.63) is 47.3 Å². The largest absolute Gasteiger partial charge is 0.355 e. The normalized spacial score (nSPS) is 11.0. The van der Waals surface area contributed by atoms with E-state index >= 15 is 0 Å². The van der Waals surface area contributed by atoms with Gasteiger partial charge in [-0.2, -0.15) is 5.10 Å². The number of hydrogen-bond donors (Lipinski definition) is 1. The third-order valence-electron chi connectivity index (χ3n) is 4.45. The number of thioether (sulfide) groups is 1. The quantitative estimate of drug-likeness (QED) is 0.466. The van der Waals surface area contributed by atoms with Crippen molar-refractivity contribution in [3.8, 4) is 11.4 Å². The van der Waals surface area contributed by atoms with Crippen LogP contribution in [0.3, 0.4) is 0 Å². The minimum atomic E-state index is -0.00162. The molecule has 148 valence electrons. The Morgan fingerprint density at radius 1 is 1.14 bits per heavy atom. The highest BCUT2D eigenvalue weighted by Gasteiger charge is 2.12. The number of carbonyl (C=O) groups excluding carboxylic acids is 1. The highest BCUT2D eigenvalue weighted by Crippen LogP contribution is 2.22. The molecule has 0 atom stereocenters. The lowest BCUT2D eigenvalue weighted by molar-refractivity contribution is -0.118. The zero-order chi connectivity index (χ0) is 20.1. The van der Waals surface area contributed by atoms with Crippen LogP contribution in [0.2, 0.25) is 0 Å². The minimum Gasteiger partial charge on any atom is -0.355 e. The van der Waals surface area contributed by atoms with Gasteiger partial charge in [0.1, 0.15) is 0 Å². The van der Waals surface area contributed by atoms with Crippen molar-refractivity contribution in [2.45, 2.75) is 38.9 Å². The Kier molecular flexibility index (Phi) is 6.51. The lowest BCUT2D eigenvalue weighted by Gasteiger charge is -2.07. The summed E-state index contributed by atoms with van der Waals surface area (Å²) in [4.78, 5) is 12.1. The summed E-state index contributed by atoms with van der Waals surface area (Å²) in [6.45, 7) is 7.51. The van der Waals surface area contributed by atoms with Crippen LogP contribution in [0.5, 0.6) is 0 Å². The SMILES string of the molecule is Cc1ccc(-c2nnc(SCC(=O)NCCCn3nc(C)cc3C)n2C)cc1. The molecule has 2 heterocycles. The average molecular weight is 399 g/mol. The first-order valence-corrected chi connectivity index (χ1v) is 10.3. The summed E-state index contributed by atoms with van der Waals surface area (Å²) in [5, 5.41) is 16.6. The molecular weight excluding hydrogens is 372 g/mol. The third kappa shape index (κ3) is 5.01. The van der Waals surface area contributed by atoms with Gasteiger partial charge in [-0.15, -0.1) is 10.2 Å². The van der Waals surface area contributed by atoms with Gasteiger partial charge in [0.15, 0.2) is 11.0 Å². The van der Waals surface area contributed by atoms with Crippen molar-refractivity contribution >= 4 is 17.7 Å². The monoisotopic (exact) mass is 398 g/mol. The maximum absolute atomic E-state index is 12.1. The number of aryl methyl sites for hydroxylation is 4. The molecule has 0 aliphatic rings. The summed E-state index contributed by atoms with van der Waals surface area (Å²) >= 11 is 1.39. The molecule has 3 aromatic rings. The second-order valence-corrected chi connectivity index (χ2v) is 7.82. The number of hydrogen-bond acceptors (Lipinski definition) is 5. The predicted octanol–water partition coefficient (Wildman–Crippen LogP) is 2.90. The molecule has 3 rings (SSSR count). The molecule has 1 amide bonds. The molecule has 0 fully saturated rings. The van der Waals surface area contributed by atoms with Crippen LogP contribution in [0, 0.1) is 20.8 Å². The summed E-state index contributed by atoms with van der Waals surface area (Å²) in [7, 11) is 1.92. The Balaban J connectivity index is 1.44. The van der Waals surface area contributed by atoms with Crippen LogP contribution in [0.15, 0.2) is 35.5 Å². The van der Waals surface area contributed by atoms with Gasteiger partial charge in [-0.1, -0.05) is 41.6 Å². The van der Waals surface area contributed by atoms with Crippen LogP contribution in [0.4, 0.5) is 0 Å². The van der Waals surface area contributed by atoms with Crippen LogP contribution in [-0.4, -0.2) is 42.7 Å². The number of aromatic nitrogens is 5. The van der Waals surface area contributed by atoms with Gasteiger partial charge in [-0.25, -0.2) is 0 Å². The second kappa shape index (κ2) is 9.05. The van der Waals surface area contributed by atoms with Gasteiger partial charge in [0, 0.05) is 31.4 Å². The van der Waals surface area contributed by atoms with Gasteiger partial charge >= 0.3 is 0 Å². The molecule has 1 N–H and O–H groups in total. The number of carbonyl (C=O) groups is 1. The Labute approximate surface area is 169 Å². The highest BCUT2D eigenvalue weighted by atomic mass is 32.2. The molecule has 0 bridgehead atoms. The zero-order valence-electron chi connectivity index (χ0n) is 16.8. The Bertz CT molecular complexity index is 944. The van der Waals surface area contributed by atoms with Crippen LogP contribution < -0.4 is 5.32 Å². The molecule has 0 aliphatic carbocycles. The molecule has 0 saturated heterocycles. The fraction of sp³-hybridized carbons (Fsp3) is 0.400. The van der Waals surface area contributed by atoms with Crippen LogP contribution in [0.25, 0.3) is 11.4 Å². The van der Waals surface area contributed by atoms with E-state index in [9.17, 15) is 4.79 Å². The average Bonchev–Trinajstić information content (AvgIpc) is 3.19. The van der Waals surface area contributed by atoms with Crippen LogP contribution in [0.1, 0.15) is 23.4 Å². The third-order valence-corrected chi connectivity index (χ3v) is 5.47. The molecule has 0 radical (unpaired) electrons. The number of nitrogens with zero attached hydrogens (tertiary/aromatic N) is 5. The van der Waals surface area contributed by atoms with Gasteiger partial charge in [0.25, 0.3) is 0 Å². The maximum atomic E-state index is 12.1. The van der Waals surface area contributed by atoms with E-state index in [4.69, 9.17) is 0 Å². The number of nitrogens with one attached hydrogen (secondary N) is 1. The molecule has 7 nitrogen and oxygen atoms in total. The lowest BCUT2D eigenvalue weighted by Crippen LogP contribution is -2.27. The van der Waals surface area contributed by atoms with E-state index in [0.717, 1.165) is 40.9 Å². The van der Waals surface area contributed by atoms with Crippen LogP contribution >= 0.6 is 11.8 Å². The first-order valence-electron chi connectivity index (χ1n) is 9.31. The van der Waals surface area contributed by atoms with Gasteiger partial charge in [0.05, 0.1) is 11.4 Å². The molecule has 0 spiro atoms. The summed E-state index contributed by atoms with van der Waals surface area (Å²) in [5.41, 5.74) is 4.38. The van der Waals surface area contributed by atoms with E-state index in [1.165, 1.54) is 17.3 Å². The van der Waals surface area contributed by atoms with E-state index in [-0.39, 0.29) is 5.91 Å². The fourth-order valence-electron chi connectivity index (χ4n) is 2.93. The van der Waals surface area contributed by atoms with Crippen molar-refractivity contribution in [2.75, 3.05) is 12.3 Å². The maximum Gasteiger partial charge on any atom is 0.230 e. The summed E-state index contributed by atoms with van der Waals surface area (Å²) < 4.78 is 3.90. The molecular formula is C20H26N6OS. The summed E-state index contributed by atoms with van der Waals surface area (Å²) in [6.07, 6.45) is 0.847. The Morgan fingerprint density at radius 3 is 2.57 bits per heavy atom. The first kappa shape index (κ1) is 20.1. The molecule has 0 unspecified atom stereocenters. The topological polar surface area (TPSA) is 77.6 Å². The van der Waals surface area contributed by atoms with Gasteiger partial charge in [-0.05, 0) is 33.3 Å². The number of rotatable bonds is 8. The van der Waals surface area contributed by atoms with Crippen molar-refractivity contribution in [2.24, 2.45) is 7.05 Å². The molecule has 0 saturated carbocycles. The standard InChI is InChI=1S/C20H26N6OS/c1-14-6-8-17(9-7-14)19-22-23-20(25(19)4)28-13-18(27)21-10-5-11-26-16(3)12-15(2)24-26/h6-9,12H,5,10-11,13H2,1-4H3,(H,21,27). The summed E-state index contributed by atoms with van der Waals surface area (Å²) in [6, 6.07) is 10.2. The Hall–Kier alpha value is -2.61. The van der Waals surface area contributed by atoms with Crippen LogP contribution in [-0.2, 0) is 18.4 Å². The first-order chi connectivity index (χ1) is 13.4. The molecule has 8 heteroatoms. The molecule has 0 aliphatic heterocycles. The summed E-state index contributed by atoms with van der Waals surface area (Å²) in [5.74, 6) is 1.12. The van der Waals surface area contributed by atoms with E-state index < -0.39 is 0 Å². The minimum absolute atomic E-state index is 0.00162. The number of amides is 1. The van der Waals surface area contributed by atoms with E-state index in [0.29, 0.717) is 12.3 Å². The van der Waals surface area contributed by atoms with Crippen molar-refractivity contribution < 1.29 is 4.79 Å². The molecule has 1 aromatic carbocycles. The smallest absolute Gasteiger partial charge is 0.230 e. The molecule has 2 aromatic heterocycles. The predicted molar refractivity (Wildman–Crippen MR) is 111 cm³/mol. The van der Waals surface area contributed by atoms with E-state index in [2.05, 4.69) is 45.7 Å². The fourth-order valence-corrected chi connectivity index (χ4v) is 3.67. The highest BCUT2D eigenvalue weighted by molar-refractivity contribution is 7.99. The van der Waals surface area contributed by atoms with Crippen molar-refractivity contribution in [1.82, 2.24) is 29.9 Å². The zero-order valence-corrected chi connectivity index (χ0v) is 17.6. The van der Waals surface area contributed by atoms with Gasteiger partial charge in [-0.3, -0.25) is 9.48 Å². The van der Waals surface area contributed by atoms with E-state index in [1.54, 1.807) is 0 Å². The second-order valence-electron chi connectivity index (χ2n) is 6.87. The number of benzene rings is 1.